The minimum Gasteiger partial charge on any atom is -0.481 e. The molecule has 1 aliphatic rings. The van der Waals surface area contributed by atoms with Gasteiger partial charge in [-0.15, -0.1) is 0 Å². The van der Waals surface area contributed by atoms with Gasteiger partial charge in [-0.05, 0) is 26.0 Å². The molecule has 9 heteroatoms. The van der Waals surface area contributed by atoms with Gasteiger partial charge in [0, 0.05) is 30.9 Å². The highest BCUT2D eigenvalue weighted by Gasteiger charge is 2.26. The molecule has 1 aliphatic heterocycles. The average molecular weight is 397 g/mol. The summed E-state index contributed by atoms with van der Waals surface area (Å²) in [5.41, 5.74) is 1.90. The lowest BCUT2D eigenvalue weighted by Gasteiger charge is -2.35. The smallest absolute Gasteiger partial charge is 0.320 e. The van der Waals surface area contributed by atoms with E-state index in [4.69, 9.17) is 23.6 Å². The number of hydrogen-bond acceptors (Lipinski definition) is 9. The van der Waals surface area contributed by atoms with E-state index in [1.54, 1.807) is 25.6 Å². The molecule has 2 atom stereocenters. The highest BCUT2D eigenvalue weighted by atomic mass is 16.5. The fraction of sp³-hybridized carbons (Fsp3) is 0.400. The number of hydrogen-bond donors (Lipinski definition) is 0. The fourth-order valence-corrected chi connectivity index (χ4v) is 3.39. The lowest BCUT2D eigenvalue weighted by atomic mass is 10.1. The Morgan fingerprint density at radius 3 is 2.52 bits per heavy atom. The molecule has 4 rings (SSSR count). The van der Waals surface area contributed by atoms with Gasteiger partial charge in [0.15, 0.2) is 5.76 Å². The van der Waals surface area contributed by atoms with Crippen molar-refractivity contribution in [1.82, 2.24) is 19.9 Å². The van der Waals surface area contributed by atoms with E-state index in [2.05, 4.69) is 19.9 Å². The first kappa shape index (κ1) is 19.1. The maximum atomic E-state index is 5.82. The van der Waals surface area contributed by atoms with Crippen molar-refractivity contribution in [1.29, 1.82) is 0 Å². The molecule has 4 heterocycles. The molecule has 0 aliphatic carbocycles. The Hall–Kier alpha value is -3.20. The maximum Gasteiger partial charge on any atom is 0.320 e. The van der Waals surface area contributed by atoms with Gasteiger partial charge in [-0.2, -0.15) is 9.97 Å². The van der Waals surface area contributed by atoms with Crippen LogP contribution in [-0.4, -0.2) is 59.5 Å². The van der Waals surface area contributed by atoms with Crippen molar-refractivity contribution in [3.05, 3.63) is 30.7 Å². The molecule has 152 valence electrons. The molecule has 0 spiro atoms. The van der Waals surface area contributed by atoms with Crippen LogP contribution >= 0.6 is 0 Å². The molecular weight excluding hydrogens is 374 g/mol. The lowest BCUT2D eigenvalue weighted by Crippen LogP contribution is -2.46. The normalized spacial score (nSPS) is 19.2. The van der Waals surface area contributed by atoms with Crippen molar-refractivity contribution in [3.63, 3.8) is 0 Å². The molecule has 0 radical (unpaired) electrons. The standard InChI is InChI=1S/C20H23N5O4/c1-12-10-25(11-13(2)29-12)19-21-9-14(18(24-19)16-6-5-7-28-16)15-8-17(26-3)23-20(22-15)27-4/h5-9,12-13H,10-11H2,1-4H3/t12-,13-/m0/s1. The summed E-state index contributed by atoms with van der Waals surface area (Å²) in [6, 6.07) is 5.59. The molecule has 0 N–H and O–H groups in total. The molecule has 0 bridgehead atoms. The maximum absolute atomic E-state index is 5.82. The summed E-state index contributed by atoms with van der Waals surface area (Å²) in [4.78, 5) is 20.1. The summed E-state index contributed by atoms with van der Waals surface area (Å²) in [6.45, 7) is 5.53. The highest BCUT2D eigenvalue weighted by Crippen LogP contribution is 2.33. The monoisotopic (exact) mass is 397 g/mol. The Morgan fingerprint density at radius 1 is 1.07 bits per heavy atom. The zero-order chi connectivity index (χ0) is 20.4. The molecule has 3 aromatic heterocycles. The van der Waals surface area contributed by atoms with Crippen molar-refractivity contribution in [2.24, 2.45) is 0 Å². The van der Waals surface area contributed by atoms with E-state index in [-0.39, 0.29) is 18.2 Å². The van der Waals surface area contributed by atoms with Crippen LogP contribution in [0.15, 0.2) is 35.1 Å². The largest absolute Gasteiger partial charge is 0.481 e. The van der Waals surface area contributed by atoms with Crippen LogP contribution in [0.4, 0.5) is 5.95 Å². The van der Waals surface area contributed by atoms with Crippen LogP contribution < -0.4 is 14.4 Å². The number of morpholine rings is 1. The zero-order valence-electron chi connectivity index (χ0n) is 16.8. The molecule has 9 nitrogen and oxygen atoms in total. The van der Waals surface area contributed by atoms with Crippen molar-refractivity contribution < 1.29 is 18.6 Å². The van der Waals surface area contributed by atoms with Gasteiger partial charge < -0.3 is 23.5 Å². The van der Waals surface area contributed by atoms with Crippen LogP contribution in [0, 0.1) is 0 Å². The minimum atomic E-state index is 0.101. The van der Waals surface area contributed by atoms with Gasteiger partial charge in [0.25, 0.3) is 0 Å². The summed E-state index contributed by atoms with van der Waals surface area (Å²) in [6.07, 6.45) is 3.56. The Morgan fingerprint density at radius 2 is 1.86 bits per heavy atom. The molecular formula is C20H23N5O4. The van der Waals surface area contributed by atoms with E-state index in [0.29, 0.717) is 34.5 Å². The van der Waals surface area contributed by atoms with Gasteiger partial charge in [0.05, 0.1) is 38.4 Å². The Balaban J connectivity index is 1.81. The topological polar surface area (TPSA) is 95.6 Å². The fourth-order valence-electron chi connectivity index (χ4n) is 3.39. The van der Waals surface area contributed by atoms with Crippen LogP contribution in [0.3, 0.4) is 0 Å². The quantitative estimate of drug-likeness (QED) is 0.644. The molecule has 3 aromatic rings. The molecule has 0 amide bonds. The highest BCUT2D eigenvalue weighted by molar-refractivity contribution is 5.77. The number of methoxy groups -OCH3 is 2. The number of nitrogens with zero attached hydrogens (tertiary/aromatic N) is 5. The van der Waals surface area contributed by atoms with Crippen LogP contribution in [0.5, 0.6) is 11.9 Å². The zero-order valence-corrected chi connectivity index (χ0v) is 16.8. The van der Waals surface area contributed by atoms with Crippen LogP contribution in [0.1, 0.15) is 13.8 Å². The van der Waals surface area contributed by atoms with Crippen molar-refractivity contribution in [3.8, 4) is 34.6 Å². The third kappa shape index (κ3) is 4.00. The van der Waals surface area contributed by atoms with Gasteiger partial charge in [0.2, 0.25) is 11.8 Å². The third-order valence-corrected chi connectivity index (χ3v) is 4.58. The molecule has 29 heavy (non-hydrogen) atoms. The van der Waals surface area contributed by atoms with Gasteiger partial charge in [-0.3, -0.25) is 0 Å². The van der Waals surface area contributed by atoms with Gasteiger partial charge >= 0.3 is 6.01 Å². The van der Waals surface area contributed by atoms with Gasteiger partial charge in [-0.1, -0.05) is 0 Å². The van der Waals surface area contributed by atoms with E-state index in [9.17, 15) is 0 Å². The molecule has 1 saturated heterocycles. The summed E-state index contributed by atoms with van der Waals surface area (Å²) in [5.74, 6) is 1.63. The lowest BCUT2D eigenvalue weighted by molar-refractivity contribution is -0.00571. The summed E-state index contributed by atoms with van der Waals surface area (Å²) in [5, 5.41) is 0. The number of anilines is 1. The molecule has 0 aromatic carbocycles. The number of ether oxygens (including phenoxy) is 3. The average Bonchev–Trinajstić information content (AvgIpc) is 3.27. The first-order chi connectivity index (χ1) is 14.1. The molecule has 1 fully saturated rings. The SMILES string of the molecule is COc1cc(-c2cnc(N3C[C@H](C)O[C@@H](C)C3)nc2-c2ccco2)nc(OC)n1. The Bertz CT molecular complexity index is 947. The van der Waals surface area contributed by atoms with E-state index < -0.39 is 0 Å². The Kier molecular flexibility index (Phi) is 5.30. The van der Waals surface area contributed by atoms with E-state index in [1.165, 1.54) is 7.11 Å². The van der Waals surface area contributed by atoms with Crippen molar-refractivity contribution in [2.75, 3.05) is 32.2 Å². The van der Waals surface area contributed by atoms with Crippen LogP contribution in [0.25, 0.3) is 22.7 Å². The number of furan rings is 1. The molecule has 0 unspecified atom stereocenters. The van der Waals surface area contributed by atoms with E-state index in [0.717, 1.165) is 13.1 Å². The predicted octanol–water partition coefficient (Wildman–Crippen LogP) is 2.82. The van der Waals surface area contributed by atoms with Crippen molar-refractivity contribution >= 4 is 5.95 Å². The van der Waals surface area contributed by atoms with E-state index >= 15 is 0 Å². The second-order valence-corrected chi connectivity index (χ2v) is 6.85. The van der Waals surface area contributed by atoms with Gasteiger partial charge in [-0.25, -0.2) is 9.97 Å². The second kappa shape index (κ2) is 8.04. The number of rotatable bonds is 5. The minimum absolute atomic E-state index is 0.101. The predicted molar refractivity (Wildman–Crippen MR) is 106 cm³/mol. The summed E-state index contributed by atoms with van der Waals surface area (Å²) < 4.78 is 21.9. The summed E-state index contributed by atoms with van der Waals surface area (Å²) >= 11 is 0. The van der Waals surface area contributed by atoms with Crippen LogP contribution in [0.2, 0.25) is 0 Å². The number of aromatic nitrogens is 4. The van der Waals surface area contributed by atoms with Gasteiger partial charge in [0.1, 0.15) is 5.69 Å². The third-order valence-electron chi connectivity index (χ3n) is 4.58. The second-order valence-electron chi connectivity index (χ2n) is 6.85. The Labute approximate surface area is 168 Å². The van der Waals surface area contributed by atoms with Crippen LogP contribution in [-0.2, 0) is 4.74 Å². The van der Waals surface area contributed by atoms with Crippen molar-refractivity contribution in [2.45, 2.75) is 26.1 Å². The summed E-state index contributed by atoms with van der Waals surface area (Å²) in [7, 11) is 3.05. The molecule has 0 saturated carbocycles. The van der Waals surface area contributed by atoms with E-state index in [1.807, 2.05) is 26.0 Å². The first-order valence-corrected chi connectivity index (χ1v) is 9.36. The first-order valence-electron chi connectivity index (χ1n) is 9.36.